The number of carboxylic acids is 1. The zero-order valence-electron chi connectivity index (χ0n) is 7.93. The SMILES string of the molecule is COC(=O)CSCc1csc(C(=O)O)n1. The average Bonchev–Trinajstić information content (AvgIpc) is 2.66. The molecule has 1 N–H and O–H groups in total. The Morgan fingerprint density at radius 1 is 1.67 bits per heavy atom. The van der Waals surface area contributed by atoms with Crippen molar-refractivity contribution in [2.45, 2.75) is 5.75 Å². The van der Waals surface area contributed by atoms with Gasteiger partial charge in [-0.25, -0.2) is 9.78 Å². The zero-order chi connectivity index (χ0) is 11.3. The fourth-order valence-corrected chi connectivity index (χ4v) is 2.27. The van der Waals surface area contributed by atoms with Crippen molar-refractivity contribution in [3.8, 4) is 0 Å². The Hall–Kier alpha value is -1.08. The van der Waals surface area contributed by atoms with Gasteiger partial charge >= 0.3 is 11.9 Å². The molecule has 0 fully saturated rings. The second-order valence-electron chi connectivity index (χ2n) is 2.52. The van der Waals surface area contributed by atoms with Gasteiger partial charge in [-0.15, -0.1) is 23.1 Å². The third kappa shape index (κ3) is 3.88. The molecule has 5 nitrogen and oxygen atoms in total. The van der Waals surface area contributed by atoms with Crippen LogP contribution < -0.4 is 0 Å². The Balaban J connectivity index is 2.38. The Morgan fingerprint density at radius 3 is 2.93 bits per heavy atom. The van der Waals surface area contributed by atoms with E-state index in [-0.39, 0.29) is 16.7 Å². The molecule has 0 atom stereocenters. The molecule has 0 radical (unpaired) electrons. The summed E-state index contributed by atoms with van der Waals surface area (Å²) in [4.78, 5) is 25.1. The number of ether oxygens (including phenoxy) is 1. The highest BCUT2D eigenvalue weighted by molar-refractivity contribution is 7.99. The molecule has 1 rings (SSSR count). The zero-order valence-corrected chi connectivity index (χ0v) is 9.56. The fraction of sp³-hybridized carbons (Fsp3) is 0.375. The maximum atomic E-state index is 10.8. The van der Waals surface area contributed by atoms with Crippen LogP contribution >= 0.6 is 23.1 Å². The van der Waals surface area contributed by atoms with Crippen LogP contribution in [0.1, 0.15) is 15.5 Å². The van der Waals surface area contributed by atoms with Crippen molar-refractivity contribution >= 4 is 35.0 Å². The fourth-order valence-electron chi connectivity index (χ4n) is 0.769. The van der Waals surface area contributed by atoms with Crippen LogP contribution in [-0.4, -0.2) is 34.9 Å². The van der Waals surface area contributed by atoms with Crippen molar-refractivity contribution < 1.29 is 19.4 Å². The lowest BCUT2D eigenvalue weighted by molar-refractivity contribution is -0.137. The third-order valence-corrected chi connectivity index (χ3v) is 3.25. The third-order valence-electron chi connectivity index (χ3n) is 1.43. The molecule has 0 aliphatic heterocycles. The van der Waals surface area contributed by atoms with Gasteiger partial charge in [0.25, 0.3) is 0 Å². The van der Waals surface area contributed by atoms with Crippen LogP contribution in [0.25, 0.3) is 0 Å². The maximum Gasteiger partial charge on any atom is 0.365 e. The number of carboxylic acid groups (broad SMARTS) is 1. The molecule has 0 amide bonds. The number of nitrogens with zero attached hydrogens (tertiary/aromatic N) is 1. The molecule has 1 aromatic heterocycles. The van der Waals surface area contributed by atoms with Gasteiger partial charge in [0.05, 0.1) is 18.6 Å². The summed E-state index contributed by atoms with van der Waals surface area (Å²) in [7, 11) is 1.33. The number of aromatic carboxylic acids is 1. The second kappa shape index (κ2) is 5.72. The molecular formula is C8H9NO4S2. The largest absolute Gasteiger partial charge is 0.476 e. The number of carbonyl (C=O) groups is 2. The van der Waals surface area contributed by atoms with Gasteiger partial charge in [0, 0.05) is 11.1 Å². The Kier molecular flexibility index (Phi) is 4.57. The summed E-state index contributed by atoms with van der Waals surface area (Å²) in [5.41, 5.74) is 0.673. The minimum atomic E-state index is -1.02. The highest BCUT2D eigenvalue weighted by atomic mass is 32.2. The lowest BCUT2D eigenvalue weighted by atomic mass is 10.6. The highest BCUT2D eigenvalue weighted by Crippen LogP contribution is 2.15. The highest BCUT2D eigenvalue weighted by Gasteiger charge is 2.09. The molecule has 82 valence electrons. The van der Waals surface area contributed by atoms with Gasteiger partial charge in [-0.05, 0) is 0 Å². The summed E-state index contributed by atoms with van der Waals surface area (Å²) < 4.78 is 4.46. The van der Waals surface area contributed by atoms with Crippen LogP contribution in [0.15, 0.2) is 5.38 Å². The Labute approximate surface area is 94.5 Å². The van der Waals surface area contributed by atoms with Crippen molar-refractivity contribution in [1.82, 2.24) is 4.98 Å². The first-order valence-corrected chi connectivity index (χ1v) is 5.99. The van der Waals surface area contributed by atoms with E-state index < -0.39 is 5.97 Å². The molecule has 1 aromatic rings. The van der Waals surface area contributed by atoms with E-state index in [4.69, 9.17) is 5.11 Å². The number of thioether (sulfide) groups is 1. The number of carbonyl (C=O) groups excluding carboxylic acids is 1. The van der Waals surface area contributed by atoms with Crippen molar-refractivity contribution in [2.24, 2.45) is 0 Å². The van der Waals surface area contributed by atoms with E-state index in [1.165, 1.54) is 18.9 Å². The molecule has 0 spiro atoms. The van der Waals surface area contributed by atoms with Gasteiger partial charge in [-0.3, -0.25) is 4.79 Å². The van der Waals surface area contributed by atoms with E-state index in [0.717, 1.165) is 11.3 Å². The first-order valence-electron chi connectivity index (χ1n) is 3.95. The summed E-state index contributed by atoms with van der Waals surface area (Å²) in [6, 6.07) is 0. The molecule has 0 aliphatic carbocycles. The number of esters is 1. The predicted octanol–water partition coefficient (Wildman–Crippen LogP) is 1.25. The summed E-state index contributed by atoms with van der Waals surface area (Å²) >= 11 is 2.42. The number of hydrogen-bond acceptors (Lipinski definition) is 6. The van der Waals surface area contributed by atoms with Crippen molar-refractivity contribution in [3.05, 3.63) is 16.1 Å². The van der Waals surface area contributed by atoms with E-state index in [2.05, 4.69) is 9.72 Å². The Morgan fingerprint density at radius 2 is 2.40 bits per heavy atom. The van der Waals surface area contributed by atoms with Gasteiger partial charge in [0.1, 0.15) is 0 Å². The standard InChI is InChI=1S/C8H9NO4S2/c1-13-6(10)4-14-2-5-3-15-7(9-5)8(11)12/h3H,2,4H2,1H3,(H,11,12). The summed E-state index contributed by atoms with van der Waals surface area (Å²) in [5, 5.41) is 10.4. The molecule has 0 saturated heterocycles. The lowest BCUT2D eigenvalue weighted by Crippen LogP contribution is -2.03. The smallest absolute Gasteiger partial charge is 0.365 e. The average molecular weight is 247 g/mol. The molecule has 0 bridgehead atoms. The molecule has 1 heterocycles. The van der Waals surface area contributed by atoms with Crippen LogP contribution in [0.5, 0.6) is 0 Å². The predicted molar refractivity (Wildman–Crippen MR) is 57.3 cm³/mol. The number of hydrogen-bond donors (Lipinski definition) is 1. The minimum Gasteiger partial charge on any atom is -0.476 e. The van der Waals surface area contributed by atoms with Gasteiger partial charge < -0.3 is 9.84 Å². The van der Waals surface area contributed by atoms with Crippen molar-refractivity contribution in [1.29, 1.82) is 0 Å². The maximum absolute atomic E-state index is 10.8. The molecule has 0 unspecified atom stereocenters. The van der Waals surface area contributed by atoms with E-state index in [1.807, 2.05) is 0 Å². The quantitative estimate of drug-likeness (QED) is 0.789. The van der Waals surface area contributed by atoms with E-state index in [9.17, 15) is 9.59 Å². The summed E-state index contributed by atoms with van der Waals surface area (Å²) in [6.07, 6.45) is 0. The topological polar surface area (TPSA) is 76.5 Å². The van der Waals surface area contributed by atoms with Crippen LogP contribution in [0.2, 0.25) is 0 Å². The first-order chi connectivity index (χ1) is 7.13. The number of thiazole rings is 1. The summed E-state index contributed by atoms with van der Waals surface area (Å²) in [5.74, 6) is -0.562. The van der Waals surface area contributed by atoms with Gasteiger partial charge in [-0.1, -0.05) is 0 Å². The number of aromatic nitrogens is 1. The molecule has 0 aliphatic rings. The van der Waals surface area contributed by atoms with Crippen LogP contribution in [0, 0.1) is 0 Å². The van der Waals surface area contributed by atoms with E-state index >= 15 is 0 Å². The van der Waals surface area contributed by atoms with E-state index in [0.29, 0.717) is 11.4 Å². The van der Waals surface area contributed by atoms with Crippen molar-refractivity contribution in [3.63, 3.8) is 0 Å². The van der Waals surface area contributed by atoms with Gasteiger partial charge in [0.2, 0.25) is 5.01 Å². The van der Waals surface area contributed by atoms with Gasteiger partial charge in [-0.2, -0.15) is 0 Å². The lowest BCUT2D eigenvalue weighted by Gasteiger charge is -1.96. The number of rotatable bonds is 5. The van der Waals surface area contributed by atoms with Crippen molar-refractivity contribution in [2.75, 3.05) is 12.9 Å². The second-order valence-corrected chi connectivity index (χ2v) is 4.36. The molecule has 0 saturated carbocycles. The molecule has 15 heavy (non-hydrogen) atoms. The summed E-state index contributed by atoms with van der Waals surface area (Å²) in [6.45, 7) is 0. The normalized spacial score (nSPS) is 9.93. The van der Waals surface area contributed by atoms with Crippen LogP contribution in [0.4, 0.5) is 0 Å². The Bertz CT molecular complexity index is 363. The monoisotopic (exact) mass is 247 g/mol. The molecular weight excluding hydrogens is 238 g/mol. The minimum absolute atomic E-state index is 0.0728. The number of methoxy groups -OCH3 is 1. The molecule has 0 aromatic carbocycles. The van der Waals surface area contributed by atoms with Gasteiger partial charge in [0.15, 0.2) is 0 Å². The molecule has 7 heteroatoms. The first kappa shape index (κ1) is 12.0. The van der Waals surface area contributed by atoms with E-state index in [1.54, 1.807) is 5.38 Å². The van der Waals surface area contributed by atoms with Crippen LogP contribution in [-0.2, 0) is 15.3 Å². The van der Waals surface area contributed by atoms with Crippen LogP contribution in [0.3, 0.4) is 0 Å².